The average Bonchev–Trinajstić information content (AvgIpc) is 3.40. The van der Waals surface area contributed by atoms with Gasteiger partial charge in [0, 0.05) is 31.5 Å². The van der Waals surface area contributed by atoms with Crippen molar-refractivity contribution in [3.8, 4) is 0 Å². The number of amides is 3. The maximum atomic E-state index is 14.0. The Morgan fingerprint density at radius 3 is 2.31 bits per heavy atom. The number of benzene rings is 2. The van der Waals surface area contributed by atoms with E-state index in [-0.39, 0.29) is 30.2 Å². The van der Waals surface area contributed by atoms with E-state index in [1.807, 2.05) is 84.5 Å². The molecule has 2 atom stereocenters. The highest BCUT2D eigenvalue weighted by Gasteiger charge is 2.54. The van der Waals surface area contributed by atoms with E-state index in [0.717, 1.165) is 11.1 Å². The summed E-state index contributed by atoms with van der Waals surface area (Å²) in [6.45, 7) is 5.36. The molecule has 166 valence electrons. The summed E-state index contributed by atoms with van der Waals surface area (Å²) in [5.41, 5.74) is 1.55. The second-order valence-corrected chi connectivity index (χ2v) is 9.43. The monoisotopic (exact) mass is 432 g/mol. The van der Waals surface area contributed by atoms with E-state index in [9.17, 15) is 14.4 Å². The van der Waals surface area contributed by atoms with E-state index in [1.54, 1.807) is 5.01 Å². The van der Waals surface area contributed by atoms with Gasteiger partial charge < -0.3 is 0 Å². The molecule has 7 nitrogen and oxygen atoms in total. The molecule has 0 radical (unpaired) electrons. The van der Waals surface area contributed by atoms with E-state index in [4.69, 9.17) is 0 Å². The van der Waals surface area contributed by atoms with E-state index < -0.39 is 11.5 Å². The number of fused-ring (bicyclic) bond motifs is 1. The lowest BCUT2D eigenvalue weighted by Gasteiger charge is -2.37. The quantitative estimate of drug-likeness (QED) is 0.696. The Kier molecular flexibility index (Phi) is 5.10. The van der Waals surface area contributed by atoms with Gasteiger partial charge in [-0.15, -0.1) is 0 Å². The summed E-state index contributed by atoms with van der Waals surface area (Å²) in [7, 11) is 0. The predicted octanol–water partition coefficient (Wildman–Crippen LogP) is 2.76. The van der Waals surface area contributed by atoms with Gasteiger partial charge in [0.2, 0.25) is 11.8 Å². The molecule has 3 aliphatic rings. The third-order valence-electron chi connectivity index (χ3n) is 6.83. The number of imide groups is 1. The summed E-state index contributed by atoms with van der Waals surface area (Å²) in [6.07, 6.45) is 0.737. The molecule has 32 heavy (non-hydrogen) atoms. The van der Waals surface area contributed by atoms with Crippen molar-refractivity contribution in [3.05, 3.63) is 71.8 Å². The molecule has 7 heteroatoms. The molecule has 2 aromatic carbocycles. The Hall–Kier alpha value is -3.03. The SMILES string of the molecule is CC1(C)CC(=O)N(C(=O)[C@@H]2CN3C(=O)CCN3[C@@H]2c2ccccc2)N1Cc1ccccc1. The van der Waals surface area contributed by atoms with Crippen LogP contribution in [0.15, 0.2) is 60.7 Å². The summed E-state index contributed by atoms with van der Waals surface area (Å²) in [5, 5.41) is 6.97. The van der Waals surface area contributed by atoms with Crippen LogP contribution >= 0.6 is 0 Å². The minimum atomic E-state index is -0.502. The van der Waals surface area contributed by atoms with Gasteiger partial charge in [0.1, 0.15) is 0 Å². The minimum absolute atomic E-state index is 0.0375. The number of nitrogens with zero attached hydrogens (tertiary/aromatic N) is 4. The van der Waals surface area contributed by atoms with Gasteiger partial charge in [-0.2, -0.15) is 0 Å². The van der Waals surface area contributed by atoms with Crippen molar-refractivity contribution in [3.63, 3.8) is 0 Å². The molecular weight excluding hydrogens is 404 g/mol. The molecule has 0 saturated carbocycles. The van der Waals surface area contributed by atoms with E-state index in [1.165, 1.54) is 5.01 Å². The van der Waals surface area contributed by atoms with E-state index in [0.29, 0.717) is 26.1 Å². The highest BCUT2D eigenvalue weighted by atomic mass is 16.2. The summed E-state index contributed by atoms with van der Waals surface area (Å²) >= 11 is 0. The molecule has 0 spiro atoms. The Bertz CT molecular complexity index is 1040. The zero-order valence-electron chi connectivity index (χ0n) is 18.5. The fourth-order valence-corrected chi connectivity index (χ4v) is 5.24. The van der Waals surface area contributed by atoms with Crippen LogP contribution in [-0.2, 0) is 20.9 Å². The fraction of sp³-hybridized carbons (Fsp3) is 0.400. The maximum Gasteiger partial charge on any atom is 0.250 e. The first kappa shape index (κ1) is 20.8. The number of carbonyl (C=O) groups is 3. The largest absolute Gasteiger partial charge is 0.274 e. The lowest BCUT2D eigenvalue weighted by atomic mass is 9.92. The summed E-state index contributed by atoms with van der Waals surface area (Å²) in [4.78, 5) is 39.6. The molecule has 3 aliphatic heterocycles. The topological polar surface area (TPSA) is 64.2 Å². The lowest BCUT2D eigenvalue weighted by molar-refractivity contribution is -0.164. The van der Waals surface area contributed by atoms with Crippen molar-refractivity contribution >= 4 is 17.7 Å². The Morgan fingerprint density at radius 2 is 1.62 bits per heavy atom. The van der Waals surface area contributed by atoms with Crippen LogP contribution < -0.4 is 0 Å². The van der Waals surface area contributed by atoms with Crippen LogP contribution in [0.25, 0.3) is 0 Å². The fourth-order valence-electron chi connectivity index (χ4n) is 5.24. The van der Waals surface area contributed by atoms with Gasteiger partial charge in [-0.1, -0.05) is 60.7 Å². The van der Waals surface area contributed by atoms with E-state index in [2.05, 4.69) is 0 Å². The molecule has 3 saturated heterocycles. The summed E-state index contributed by atoms with van der Waals surface area (Å²) in [6, 6.07) is 19.4. The third kappa shape index (κ3) is 3.42. The Morgan fingerprint density at radius 1 is 0.969 bits per heavy atom. The first-order valence-corrected chi connectivity index (χ1v) is 11.2. The van der Waals surface area contributed by atoms with Gasteiger partial charge in [0.05, 0.1) is 18.5 Å². The van der Waals surface area contributed by atoms with Crippen molar-refractivity contribution in [1.29, 1.82) is 0 Å². The molecule has 0 bridgehead atoms. The zero-order valence-corrected chi connectivity index (χ0v) is 18.5. The Balaban J connectivity index is 1.49. The summed E-state index contributed by atoms with van der Waals surface area (Å²) in [5.74, 6) is -0.878. The molecule has 2 aromatic rings. The van der Waals surface area contributed by atoms with Crippen LogP contribution in [0.3, 0.4) is 0 Å². The summed E-state index contributed by atoms with van der Waals surface area (Å²) < 4.78 is 0. The van der Waals surface area contributed by atoms with Crippen LogP contribution in [0.4, 0.5) is 0 Å². The smallest absolute Gasteiger partial charge is 0.250 e. The maximum absolute atomic E-state index is 14.0. The average molecular weight is 433 g/mol. The molecule has 0 N–H and O–H groups in total. The van der Waals surface area contributed by atoms with Gasteiger partial charge in [-0.05, 0) is 25.0 Å². The normalized spacial score (nSPS) is 25.6. The van der Waals surface area contributed by atoms with E-state index >= 15 is 0 Å². The number of carbonyl (C=O) groups excluding carboxylic acids is 3. The number of hydrazine groups is 2. The molecule has 0 aromatic heterocycles. The number of rotatable bonds is 4. The molecule has 0 aliphatic carbocycles. The third-order valence-corrected chi connectivity index (χ3v) is 6.83. The first-order valence-electron chi connectivity index (χ1n) is 11.2. The molecule has 5 rings (SSSR count). The van der Waals surface area contributed by atoms with Crippen molar-refractivity contribution in [2.75, 3.05) is 13.1 Å². The Labute approximate surface area is 188 Å². The van der Waals surface area contributed by atoms with Crippen molar-refractivity contribution in [2.45, 2.75) is 44.8 Å². The standard InChI is InChI=1S/C25H28N4O3/c1-25(2)15-22(31)29(28(25)16-18-9-5-3-6-10-18)24(32)20-17-27-21(30)13-14-26(27)23(20)19-11-7-4-8-12-19/h3-12,20,23H,13-17H2,1-2H3/t20-,23-/m1/s1. The van der Waals surface area contributed by atoms with Crippen molar-refractivity contribution in [2.24, 2.45) is 5.92 Å². The number of hydrogen-bond donors (Lipinski definition) is 0. The van der Waals surface area contributed by atoms with Crippen LogP contribution in [-0.4, -0.2) is 56.4 Å². The first-order chi connectivity index (χ1) is 15.4. The van der Waals surface area contributed by atoms with Gasteiger partial charge in [-0.3, -0.25) is 19.4 Å². The molecular formula is C25H28N4O3. The van der Waals surface area contributed by atoms with Gasteiger partial charge in [0.25, 0.3) is 5.91 Å². The lowest BCUT2D eigenvalue weighted by Crippen LogP contribution is -2.52. The second-order valence-electron chi connectivity index (χ2n) is 9.43. The van der Waals surface area contributed by atoms with Crippen LogP contribution in [0.5, 0.6) is 0 Å². The predicted molar refractivity (Wildman–Crippen MR) is 118 cm³/mol. The highest BCUT2D eigenvalue weighted by Crippen LogP contribution is 2.43. The highest BCUT2D eigenvalue weighted by molar-refractivity contribution is 5.98. The molecule has 3 fully saturated rings. The molecule has 0 unspecified atom stereocenters. The number of hydrogen-bond acceptors (Lipinski definition) is 5. The van der Waals surface area contributed by atoms with Gasteiger partial charge in [-0.25, -0.2) is 15.0 Å². The van der Waals surface area contributed by atoms with Crippen molar-refractivity contribution < 1.29 is 14.4 Å². The van der Waals surface area contributed by atoms with Gasteiger partial charge in [0.15, 0.2) is 0 Å². The molecule has 3 heterocycles. The minimum Gasteiger partial charge on any atom is -0.274 e. The van der Waals surface area contributed by atoms with Crippen molar-refractivity contribution in [1.82, 2.24) is 20.0 Å². The van der Waals surface area contributed by atoms with Crippen LogP contribution in [0.1, 0.15) is 43.9 Å². The second kappa shape index (κ2) is 7.83. The van der Waals surface area contributed by atoms with Gasteiger partial charge >= 0.3 is 0 Å². The zero-order chi connectivity index (χ0) is 22.5. The van der Waals surface area contributed by atoms with Crippen LogP contribution in [0.2, 0.25) is 0 Å². The van der Waals surface area contributed by atoms with Crippen LogP contribution in [0, 0.1) is 5.92 Å². The molecule has 3 amide bonds.